The Morgan fingerprint density at radius 1 is 1.43 bits per heavy atom. The number of hydrogen-bond donors (Lipinski definition) is 2. The Hall–Kier alpha value is -0.610. The molecule has 1 heterocycles. The van der Waals surface area contributed by atoms with Crippen molar-refractivity contribution in [1.29, 1.82) is 0 Å². The second-order valence-electron chi connectivity index (χ2n) is 4.32. The van der Waals surface area contributed by atoms with Crippen LogP contribution in [0.1, 0.15) is 25.7 Å². The molecule has 2 aliphatic rings. The van der Waals surface area contributed by atoms with Crippen molar-refractivity contribution in [3.63, 3.8) is 0 Å². The van der Waals surface area contributed by atoms with Gasteiger partial charge in [0.05, 0.1) is 6.04 Å². The van der Waals surface area contributed by atoms with Crippen molar-refractivity contribution in [2.45, 2.75) is 37.8 Å². The van der Waals surface area contributed by atoms with Crippen molar-refractivity contribution >= 4 is 5.91 Å². The minimum atomic E-state index is -0.161. The van der Waals surface area contributed by atoms with Crippen LogP contribution in [0.3, 0.4) is 0 Å². The van der Waals surface area contributed by atoms with Gasteiger partial charge in [0.25, 0.3) is 0 Å². The van der Waals surface area contributed by atoms with Gasteiger partial charge in [-0.15, -0.1) is 0 Å². The fourth-order valence-corrected chi connectivity index (χ4v) is 1.91. The molecule has 0 aromatic heterocycles. The molecule has 0 bridgehead atoms. The number of rotatable bonds is 6. The first-order valence-corrected chi connectivity index (χ1v) is 5.54. The van der Waals surface area contributed by atoms with Crippen LogP contribution in [0.4, 0.5) is 0 Å². The third kappa shape index (κ3) is 2.45. The van der Waals surface area contributed by atoms with Crippen LogP contribution in [0.15, 0.2) is 0 Å². The maximum Gasteiger partial charge on any atom is 0.234 e. The van der Waals surface area contributed by atoms with Crippen molar-refractivity contribution in [3.05, 3.63) is 0 Å². The molecule has 1 amide bonds. The van der Waals surface area contributed by atoms with Gasteiger partial charge in [-0.2, -0.15) is 0 Å². The fraction of sp³-hybridized carbons (Fsp3) is 0.900. The summed E-state index contributed by atoms with van der Waals surface area (Å²) >= 11 is 0. The molecule has 0 aromatic carbocycles. The van der Waals surface area contributed by atoms with Crippen molar-refractivity contribution in [2.24, 2.45) is 5.73 Å². The Kier molecular flexibility index (Phi) is 3.03. The second-order valence-corrected chi connectivity index (χ2v) is 4.32. The second kappa shape index (κ2) is 4.28. The zero-order valence-corrected chi connectivity index (χ0v) is 8.54. The fourth-order valence-electron chi connectivity index (χ4n) is 1.91. The molecule has 14 heavy (non-hydrogen) atoms. The lowest BCUT2D eigenvalue weighted by Crippen LogP contribution is -2.55. The maximum absolute atomic E-state index is 10.9. The van der Waals surface area contributed by atoms with Crippen molar-refractivity contribution in [3.8, 4) is 0 Å². The van der Waals surface area contributed by atoms with Gasteiger partial charge in [0.15, 0.2) is 0 Å². The van der Waals surface area contributed by atoms with Crippen LogP contribution < -0.4 is 11.1 Å². The third-order valence-corrected chi connectivity index (χ3v) is 3.09. The molecule has 1 aliphatic heterocycles. The van der Waals surface area contributed by atoms with Gasteiger partial charge in [-0.1, -0.05) is 0 Å². The number of carbonyl (C=O) groups excluding carboxylic acids is 1. The molecule has 1 saturated heterocycles. The van der Waals surface area contributed by atoms with Gasteiger partial charge in [0.1, 0.15) is 0 Å². The van der Waals surface area contributed by atoms with Crippen molar-refractivity contribution < 1.29 is 4.79 Å². The Balaban J connectivity index is 1.54. The van der Waals surface area contributed by atoms with Gasteiger partial charge in [0, 0.05) is 19.1 Å². The lowest BCUT2D eigenvalue weighted by molar-refractivity contribution is -0.127. The zero-order chi connectivity index (χ0) is 9.97. The zero-order valence-electron chi connectivity index (χ0n) is 8.54. The van der Waals surface area contributed by atoms with Crippen LogP contribution in [0.25, 0.3) is 0 Å². The standard InChI is InChI=1S/C10H19N3O/c11-10(14)9-4-7-13(9)6-1-5-12-8-2-3-8/h8-9,12H,1-7H2,(H2,11,14). The van der Waals surface area contributed by atoms with Gasteiger partial charge in [-0.3, -0.25) is 9.69 Å². The normalized spacial score (nSPS) is 27.3. The van der Waals surface area contributed by atoms with E-state index < -0.39 is 0 Å². The molecule has 80 valence electrons. The Morgan fingerprint density at radius 3 is 2.71 bits per heavy atom. The van der Waals surface area contributed by atoms with E-state index in [1.807, 2.05) is 0 Å². The van der Waals surface area contributed by atoms with Gasteiger partial charge >= 0.3 is 0 Å². The van der Waals surface area contributed by atoms with E-state index in [9.17, 15) is 4.79 Å². The number of nitrogens with zero attached hydrogens (tertiary/aromatic N) is 1. The van der Waals surface area contributed by atoms with E-state index in [1.165, 1.54) is 12.8 Å². The van der Waals surface area contributed by atoms with Crippen LogP contribution in [0, 0.1) is 0 Å². The summed E-state index contributed by atoms with van der Waals surface area (Å²) in [6, 6.07) is 0.814. The molecule has 1 unspecified atom stereocenters. The van der Waals surface area contributed by atoms with Gasteiger partial charge < -0.3 is 11.1 Å². The Bertz CT molecular complexity index is 215. The van der Waals surface area contributed by atoms with Crippen LogP contribution >= 0.6 is 0 Å². The van der Waals surface area contributed by atoms with Crippen LogP contribution in [0.2, 0.25) is 0 Å². The summed E-state index contributed by atoms with van der Waals surface area (Å²) in [6.45, 7) is 3.12. The van der Waals surface area contributed by atoms with Crippen LogP contribution in [-0.4, -0.2) is 42.5 Å². The average molecular weight is 197 g/mol. The minimum Gasteiger partial charge on any atom is -0.368 e. The molecule has 2 rings (SSSR count). The summed E-state index contributed by atoms with van der Waals surface area (Å²) in [4.78, 5) is 13.1. The summed E-state index contributed by atoms with van der Waals surface area (Å²) in [5.74, 6) is -0.161. The molecule has 0 spiro atoms. The topological polar surface area (TPSA) is 58.4 Å². The van der Waals surface area contributed by atoms with Crippen LogP contribution in [0.5, 0.6) is 0 Å². The van der Waals surface area contributed by atoms with E-state index in [0.29, 0.717) is 0 Å². The van der Waals surface area contributed by atoms with E-state index in [0.717, 1.165) is 38.5 Å². The molecular weight excluding hydrogens is 178 g/mol. The molecule has 1 saturated carbocycles. The molecular formula is C10H19N3O. The molecule has 3 N–H and O–H groups in total. The molecule has 0 radical (unpaired) electrons. The summed E-state index contributed by atoms with van der Waals surface area (Å²) in [7, 11) is 0. The molecule has 0 aromatic rings. The number of amides is 1. The first-order chi connectivity index (χ1) is 6.77. The molecule has 2 fully saturated rings. The highest BCUT2D eigenvalue weighted by Gasteiger charge is 2.31. The van der Waals surface area contributed by atoms with Crippen molar-refractivity contribution in [1.82, 2.24) is 10.2 Å². The summed E-state index contributed by atoms with van der Waals surface area (Å²) in [5, 5.41) is 3.46. The maximum atomic E-state index is 10.9. The predicted molar refractivity (Wildman–Crippen MR) is 54.8 cm³/mol. The van der Waals surface area contributed by atoms with Gasteiger partial charge in [0.2, 0.25) is 5.91 Å². The largest absolute Gasteiger partial charge is 0.368 e. The van der Waals surface area contributed by atoms with Crippen molar-refractivity contribution in [2.75, 3.05) is 19.6 Å². The highest BCUT2D eigenvalue weighted by atomic mass is 16.1. The molecule has 1 atom stereocenters. The van der Waals surface area contributed by atoms with Gasteiger partial charge in [-0.05, 0) is 32.2 Å². The van der Waals surface area contributed by atoms with E-state index in [-0.39, 0.29) is 11.9 Å². The Labute approximate surface area is 84.8 Å². The van der Waals surface area contributed by atoms with E-state index in [4.69, 9.17) is 5.73 Å². The van der Waals surface area contributed by atoms with Crippen LogP contribution in [-0.2, 0) is 4.79 Å². The van der Waals surface area contributed by atoms with E-state index in [1.54, 1.807) is 0 Å². The summed E-state index contributed by atoms with van der Waals surface area (Å²) in [6.07, 6.45) is 4.76. The van der Waals surface area contributed by atoms with E-state index in [2.05, 4.69) is 10.2 Å². The number of primary amides is 1. The minimum absolute atomic E-state index is 0.0240. The summed E-state index contributed by atoms with van der Waals surface area (Å²) in [5.41, 5.74) is 5.25. The highest BCUT2D eigenvalue weighted by Crippen LogP contribution is 2.19. The number of hydrogen-bond acceptors (Lipinski definition) is 3. The first kappa shape index (κ1) is 9.93. The van der Waals surface area contributed by atoms with E-state index >= 15 is 0 Å². The number of nitrogens with two attached hydrogens (primary N) is 1. The average Bonchev–Trinajstić information content (AvgIpc) is 2.84. The highest BCUT2D eigenvalue weighted by molar-refractivity contribution is 5.80. The van der Waals surface area contributed by atoms with Gasteiger partial charge in [-0.25, -0.2) is 0 Å². The first-order valence-electron chi connectivity index (χ1n) is 5.54. The monoisotopic (exact) mass is 197 g/mol. The quantitative estimate of drug-likeness (QED) is 0.574. The predicted octanol–water partition coefficient (Wildman–Crippen LogP) is -0.312. The Morgan fingerprint density at radius 2 is 2.21 bits per heavy atom. The molecule has 1 aliphatic carbocycles. The number of likely N-dealkylation sites (tertiary alicyclic amines) is 1. The summed E-state index contributed by atoms with van der Waals surface area (Å²) < 4.78 is 0. The number of carbonyl (C=O) groups is 1. The smallest absolute Gasteiger partial charge is 0.234 e. The molecule has 4 heteroatoms. The number of nitrogens with one attached hydrogen (secondary N) is 1. The SMILES string of the molecule is NC(=O)C1CCN1CCCNC1CC1. The lowest BCUT2D eigenvalue weighted by atomic mass is 10.0. The molecule has 4 nitrogen and oxygen atoms in total. The lowest BCUT2D eigenvalue weighted by Gasteiger charge is -2.38. The third-order valence-electron chi connectivity index (χ3n) is 3.09.